The Morgan fingerprint density at radius 3 is 2.15 bits per heavy atom. The molecule has 2 aliphatic heterocycles. The lowest BCUT2D eigenvalue weighted by atomic mass is 9.97. The molecule has 0 radical (unpaired) electrons. The lowest BCUT2D eigenvalue weighted by Gasteiger charge is -2.32. The van der Waals surface area contributed by atoms with Gasteiger partial charge in [-0.3, -0.25) is 9.59 Å². The number of nitrogens with zero attached hydrogens (tertiary/aromatic N) is 3. The van der Waals surface area contributed by atoms with Gasteiger partial charge < -0.3 is 19.4 Å². The summed E-state index contributed by atoms with van der Waals surface area (Å²) in [5.74, 6) is 1.22. The smallest absolute Gasteiger partial charge is 0.257 e. The van der Waals surface area contributed by atoms with E-state index in [1.54, 1.807) is 0 Å². The Balaban J connectivity index is 1.29. The summed E-state index contributed by atoms with van der Waals surface area (Å²) in [7, 11) is 3.98. The molecule has 33 heavy (non-hydrogen) atoms. The Bertz CT molecular complexity index is 943. The van der Waals surface area contributed by atoms with Gasteiger partial charge in [-0.25, -0.2) is 0 Å². The molecule has 2 aromatic rings. The number of rotatable bonds is 6. The molecule has 176 valence electrons. The van der Waals surface area contributed by atoms with Crippen molar-refractivity contribution in [2.45, 2.75) is 32.1 Å². The number of ether oxygens (including phenoxy) is 1. The van der Waals surface area contributed by atoms with E-state index >= 15 is 0 Å². The summed E-state index contributed by atoms with van der Waals surface area (Å²) in [6, 6.07) is 15.4. The maximum atomic E-state index is 13.0. The maximum absolute atomic E-state index is 13.0. The molecule has 2 aliphatic rings. The molecule has 0 atom stereocenters. The number of benzene rings is 2. The number of para-hydroxylation sites is 1. The molecule has 2 aromatic carbocycles. The first-order chi connectivity index (χ1) is 16.0. The molecule has 2 fully saturated rings. The maximum Gasteiger partial charge on any atom is 0.257 e. The highest BCUT2D eigenvalue weighted by atomic mass is 16.5. The van der Waals surface area contributed by atoms with E-state index in [0.29, 0.717) is 23.8 Å². The predicted molar refractivity (Wildman–Crippen MR) is 131 cm³/mol. The second-order valence-corrected chi connectivity index (χ2v) is 9.34. The number of carbonyl (C=O) groups excluding carboxylic acids is 2. The van der Waals surface area contributed by atoms with Crippen molar-refractivity contribution in [3.05, 3.63) is 59.7 Å². The fourth-order valence-corrected chi connectivity index (χ4v) is 4.63. The Hall–Kier alpha value is -3.02. The van der Waals surface area contributed by atoms with Crippen molar-refractivity contribution in [1.29, 1.82) is 0 Å². The Morgan fingerprint density at radius 2 is 1.48 bits per heavy atom. The molecule has 2 saturated heterocycles. The third-order valence-electron chi connectivity index (χ3n) is 6.77. The molecule has 0 bridgehead atoms. The van der Waals surface area contributed by atoms with Crippen LogP contribution >= 0.6 is 0 Å². The summed E-state index contributed by atoms with van der Waals surface area (Å²) in [5, 5.41) is 0. The van der Waals surface area contributed by atoms with Gasteiger partial charge in [-0.1, -0.05) is 12.1 Å². The topological polar surface area (TPSA) is 53.1 Å². The fourth-order valence-electron chi connectivity index (χ4n) is 4.63. The molecule has 2 heterocycles. The van der Waals surface area contributed by atoms with Gasteiger partial charge in [0.15, 0.2) is 0 Å². The monoisotopic (exact) mass is 449 g/mol. The number of hydrogen-bond donors (Lipinski definition) is 0. The molecular weight excluding hydrogens is 414 g/mol. The average molecular weight is 450 g/mol. The summed E-state index contributed by atoms with van der Waals surface area (Å²) in [6.07, 6.45) is 5.16. The summed E-state index contributed by atoms with van der Waals surface area (Å²) in [4.78, 5) is 31.8. The Labute approximate surface area is 197 Å². The van der Waals surface area contributed by atoms with Gasteiger partial charge in [0.2, 0.25) is 0 Å². The van der Waals surface area contributed by atoms with E-state index in [4.69, 9.17) is 4.74 Å². The van der Waals surface area contributed by atoms with Crippen LogP contribution < -0.4 is 9.64 Å². The molecule has 0 aliphatic carbocycles. The quantitative estimate of drug-likeness (QED) is 0.660. The van der Waals surface area contributed by atoms with Crippen LogP contribution in [0.2, 0.25) is 0 Å². The second-order valence-electron chi connectivity index (χ2n) is 9.34. The molecule has 4 rings (SSSR count). The van der Waals surface area contributed by atoms with E-state index in [1.807, 2.05) is 77.3 Å². The normalized spacial score (nSPS) is 17.0. The summed E-state index contributed by atoms with van der Waals surface area (Å²) in [5.41, 5.74) is 2.48. The fraction of sp³-hybridized carbons (Fsp3) is 0.481. The number of piperidine rings is 2. The van der Waals surface area contributed by atoms with Gasteiger partial charge in [-0.05, 0) is 74.4 Å². The minimum absolute atomic E-state index is 0.0750. The van der Waals surface area contributed by atoms with Crippen molar-refractivity contribution in [1.82, 2.24) is 9.80 Å². The molecule has 0 spiro atoms. The van der Waals surface area contributed by atoms with Gasteiger partial charge in [0.25, 0.3) is 11.8 Å². The number of amides is 2. The SMILES string of the molecule is CN(C)c1ccc(C(=O)N2CCC(COc3ccccc3C(=O)N3CCCCC3)CC2)cc1. The molecule has 0 N–H and O–H groups in total. The van der Waals surface area contributed by atoms with Crippen LogP contribution in [0.5, 0.6) is 5.75 Å². The van der Waals surface area contributed by atoms with E-state index < -0.39 is 0 Å². The highest BCUT2D eigenvalue weighted by Crippen LogP contribution is 2.25. The molecule has 0 unspecified atom stereocenters. The van der Waals surface area contributed by atoms with Crippen molar-refractivity contribution >= 4 is 17.5 Å². The van der Waals surface area contributed by atoms with Crippen molar-refractivity contribution in [2.75, 3.05) is 51.8 Å². The van der Waals surface area contributed by atoms with Crippen molar-refractivity contribution in [3.63, 3.8) is 0 Å². The number of anilines is 1. The van der Waals surface area contributed by atoms with Crippen LogP contribution in [-0.4, -0.2) is 68.5 Å². The number of hydrogen-bond acceptors (Lipinski definition) is 4. The first-order valence-electron chi connectivity index (χ1n) is 12.1. The van der Waals surface area contributed by atoms with Crippen LogP contribution in [-0.2, 0) is 0 Å². The Morgan fingerprint density at radius 1 is 0.848 bits per heavy atom. The zero-order chi connectivity index (χ0) is 23.2. The van der Waals surface area contributed by atoms with Crippen molar-refractivity contribution < 1.29 is 14.3 Å². The largest absolute Gasteiger partial charge is 0.492 e. The predicted octanol–water partition coefficient (Wildman–Crippen LogP) is 4.31. The number of likely N-dealkylation sites (tertiary alicyclic amines) is 2. The molecular formula is C27H35N3O3. The summed E-state index contributed by atoms with van der Waals surface area (Å²) < 4.78 is 6.15. The first-order valence-corrected chi connectivity index (χ1v) is 12.1. The second kappa shape index (κ2) is 10.7. The minimum Gasteiger partial charge on any atom is -0.492 e. The molecule has 2 amide bonds. The minimum atomic E-state index is 0.0750. The average Bonchev–Trinajstić information content (AvgIpc) is 2.87. The summed E-state index contributed by atoms with van der Waals surface area (Å²) >= 11 is 0. The zero-order valence-electron chi connectivity index (χ0n) is 19.8. The van der Waals surface area contributed by atoms with Gasteiger partial charge >= 0.3 is 0 Å². The van der Waals surface area contributed by atoms with Crippen LogP contribution in [0.25, 0.3) is 0 Å². The van der Waals surface area contributed by atoms with Gasteiger partial charge in [0.1, 0.15) is 5.75 Å². The van der Waals surface area contributed by atoms with E-state index in [0.717, 1.165) is 63.1 Å². The molecule has 6 heteroatoms. The van der Waals surface area contributed by atoms with Crippen LogP contribution in [0.4, 0.5) is 5.69 Å². The van der Waals surface area contributed by atoms with Crippen LogP contribution in [0, 0.1) is 5.92 Å². The van der Waals surface area contributed by atoms with Crippen LogP contribution in [0.1, 0.15) is 52.8 Å². The van der Waals surface area contributed by atoms with Crippen molar-refractivity contribution in [3.8, 4) is 5.75 Å². The van der Waals surface area contributed by atoms with E-state index in [2.05, 4.69) is 0 Å². The third kappa shape index (κ3) is 5.67. The van der Waals surface area contributed by atoms with Gasteiger partial charge in [0.05, 0.1) is 12.2 Å². The van der Waals surface area contributed by atoms with Gasteiger partial charge in [0, 0.05) is 51.5 Å². The van der Waals surface area contributed by atoms with E-state index in [1.165, 1.54) is 6.42 Å². The van der Waals surface area contributed by atoms with Crippen LogP contribution in [0.15, 0.2) is 48.5 Å². The zero-order valence-corrected chi connectivity index (χ0v) is 19.8. The van der Waals surface area contributed by atoms with Crippen LogP contribution in [0.3, 0.4) is 0 Å². The standard InChI is InChI=1S/C27H35N3O3/c1-28(2)23-12-10-22(11-13-23)26(31)30-18-14-21(15-19-30)20-33-25-9-5-4-8-24(25)27(32)29-16-6-3-7-17-29/h4-5,8-13,21H,3,6-7,14-20H2,1-2H3. The summed E-state index contributed by atoms with van der Waals surface area (Å²) in [6.45, 7) is 3.70. The highest BCUT2D eigenvalue weighted by Gasteiger charge is 2.25. The Kier molecular flexibility index (Phi) is 7.53. The van der Waals surface area contributed by atoms with Gasteiger partial charge in [-0.2, -0.15) is 0 Å². The lowest BCUT2D eigenvalue weighted by Crippen LogP contribution is -2.39. The van der Waals surface area contributed by atoms with Crippen molar-refractivity contribution in [2.24, 2.45) is 5.92 Å². The third-order valence-corrected chi connectivity index (χ3v) is 6.77. The number of carbonyl (C=O) groups is 2. The van der Waals surface area contributed by atoms with E-state index in [-0.39, 0.29) is 11.8 Å². The van der Waals surface area contributed by atoms with Gasteiger partial charge in [-0.15, -0.1) is 0 Å². The molecule has 6 nitrogen and oxygen atoms in total. The molecule has 0 saturated carbocycles. The molecule has 0 aromatic heterocycles. The van der Waals surface area contributed by atoms with E-state index in [9.17, 15) is 9.59 Å². The lowest BCUT2D eigenvalue weighted by molar-refractivity contribution is 0.0652. The highest BCUT2D eigenvalue weighted by molar-refractivity contribution is 5.97. The first kappa shape index (κ1) is 23.1.